The van der Waals surface area contributed by atoms with Crippen LogP contribution in [-0.4, -0.2) is 21.3 Å². The van der Waals surface area contributed by atoms with Gasteiger partial charge >= 0.3 is 0 Å². The molecule has 0 aliphatic carbocycles. The van der Waals surface area contributed by atoms with E-state index in [1.165, 1.54) is 0 Å². The van der Waals surface area contributed by atoms with Crippen molar-refractivity contribution in [2.24, 2.45) is 0 Å². The molecule has 2 aromatic heterocycles. The van der Waals surface area contributed by atoms with Gasteiger partial charge in [-0.1, -0.05) is 13.0 Å². The average Bonchev–Trinajstić information content (AvgIpc) is 2.77. The molecule has 0 spiro atoms. The van der Waals surface area contributed by atoms with E-state index in [9.17, 15) is 0 Å². The van der Waals surface area contributed by atoms with Crippen LogP contribution < -0.4 is 5.32 Å². The van der Waals surface area contributed by atoms with Gasteiger partial charge in [-0.15, -0.1) is 0 Å². The summed E-state index contributed by atoms with van der Waals surface area (Å²) in [6.45, 7) is 3.98. The SMILES string of the molecule is CCCNCc1cccnc1-n1cc(Br)cn1. The Hall–Kier alpha value is -1.20. The summed E-state index contributed by atoms with van der Waals surface area (Å²) in [6, 6.07) is 4.02. The summed E-state index contributed by atoms with van der Waals surface area (Å²) in [5.41, 5.74) is 1.15. The number of nitrogens with zero attached hydrogens (tertiary/aromatic N) is 3. The molecule has 0 aliphatic heterocycles. The second kappa shape index (κ2) is 5.93. The van der Waals surface area contributed by atoms with Crippen molar-refractivity contribution in [2.75, 3.05) is 6.54 Å². The monoisotopic (exact) mass is 294 g/mol. The van der Waals surface area contributed by atoms with Gasteiger partial charge in [0.2, 0.25) is 0 Å². The summed E-state index contributed by atoms with van der Waals surface area (Å²) in [7, 11) is 0. The van der Waals surface area contributed by atoms with Crippen molar-refractivity contribution in [1.29, 1.82) is 0 Å². The predicted octanol–water partition coefficient (Wildman–Crippen LogP) is 2.53. The third-order valence-electron chi connectivity index (χ3n) is 2.38. The fourth-order valence-electron chi connectivity index (χ4n) is 1.59. The third kappa shape index (κ3) is 3.14. The summed E-state index contributed by atoms with van der Waals surface area (Å²) in [4.78, 5) is 4.38. The van der Waals surface area contributed by atoms with Crippen molar-refractivity contribution in [1.82, 2.24) is 20.1 Å². The van der Waals surface area contributed by atoms with Crippen LogP contribution in [0.3, 0.4) is 0 Å². The number of aromatic nitrogens is 3. The smallest absolute Gasteiger partial charge is 0.157 e. The molecule has 0 bridgehead atoms. The van der Waals surface area contributed by atoms with E-state index in [4.69, 9.17) is 0 Å². The molecule has 0 atom stereocenters. The van der Waals surface area contributed by atoms with E-state index in [2.05, 4.69) is 44.3 Å². The number of pyridine rings is 1. The Labute approximate surface area is 109 Å². The first-order chi connectivity index (χ1) is 8.31. The quantitative estimate of drug-likeness (QED) is 0.862. The van der Waals surface area contributed by atoms with Gasteiger partial charge in [0, 0.05) is 24.5 Å². The highest BCUT2D eigenvalue weighted by molar-refractivity contribution is 9.10. The molecule has 0 saturated heterocycles. The molecule has 90 valence electrons. The number of rotatable bonds is 5. The molecule has 0 saturated carbocycles. The summed E-state index contributed by atoms with van der Waals surface area (Å²) in [5, 5.41) is 7.63. The zero-order valence-corrected chi connectivity index (χ0v) is 11.3. The lowest BCUT2D eigenvalue weighted by molar-refractivity contribution is 0.666. The van der Waals surface area contributed by atoms with Crippen LogP contribution >= 0.6 is 15.9 Å². The predicted molar refractivity (Wildman–Crippen MR) is 71.1 cm³/mol. The molecule has 4 nitrogen and oxygen atoms in total. The van der Waals surface area contributed by atoms with Crippen molar-refractivity contribution < 1.29 is 0 Å². The number of hydrogen-bond acceptors (Lipinski definition) is 3. The van der Waals surface area contributed by atoms with Crippen molar-refractivity contribution >= 4 is 15.9 Å². The van der Waals surface area contributed by atoms with Gasteiger partial charge in [0.05, 0.1) is 10.7 Å². The maximum atomic E-state index is 4.38. The van der Waals surface area contributed by atoms with E-state index in [0.29, 0.717) is 0 Å². The van der Waals surface area contributed by atoms with Gasteiger partial charge in [-0.05, 0) is 35.0 Å². The molecule has 0 amide bonds. The van der Waals surface area contributed by atoms with Gasteiger partial charge in [0.15, 0.2) is 5.82 Å². The minimum atomic E-state index is 0.814. The van der Waals surface area contributed by atoms with Crippen molar-refractivity contribution in [3.63, 3.8) is 0 Å². The molecule has 0 radical (unpaired) electrons. The molecule has 0 aromatic carbocycles. The molecule has 2 rings (SSSR count). The van der Waals surface area contributed by atoms with Gasteiger partial charge in [0.1, 0.15) is 0 Å². The maximum absolute atomic E-state index is 4.38. The fraction of sp³-hybridized carbons (Fsp3) is 0.333. The molecule has 2 heterocycles. The molecular weight excluding hydrogens is 280 g/mol. The Balaban J connectivity index is 2.21. The van der Waals surface area contributed by atoms with Crippen molar-refractivity contribution in [2.45, 2.75) is 19.9 Å². The van der Waals surface area contributed by atoms with Crippen molar-refractivity contribution in [3.05, 3.63) is 40.8 Å². The molecule has 2 aromatic rings. The molecule has 0 fully saturated rings. The fourth-order valence-corrected chi connectivity index (χ4v) is 1.88. The highest BCUT2D eigenvalue weighted by atomic mass is 79.9. The average molecular weight is 295 g/mol. The maximum Gasteiger partial charge on any atom is 0.157 e. The second-order valence-corrected chi connectivity index (χ2v) is 4.68. The first kappa shape index (κ1) is 12.3. The molecule has 5 heteroatoms. The number of nitrogens with one attached hydrogen (secondary N) is 1. The topological polar surface area (TPSA) is 42.7 Å². The van der Waals surface area contributed by atoms with E-state index in [1.54, 1.807) is 17.1 Å². The van der Waals surface area contributed by atoms with Crippen LogP contribution in [0.2, 0.25) is 0 Å². The zero-order valence-electron chi connectivity index (χ0n) is 9.73. The van der Waals surface area contributed by atoms with Gasteiger partial charge in [0.25, 0.3) is 0 Å². The van der Waals surface area contributed by atoms with E-state index in [-0.39, 0.29) is 0 Å². The highest BCUT2D eigenvalue weighted by Crippen LogP contribution is 2.14. The second-order valence-electron chi connectivity index (χ2n) is 3.77. The Kier molecular flexibility index (Phi) is 4.28. The van der Waals surface area contributed by atoms with E-state index in [0.717, 1.165) is 35.4 Å². The Morgan fingerprint density at radius 3 is 3.06 bits per heavy atom. The summed E-state index contributed by atoms with van der Waals surface area (Å²) < 4.78 is 2.74. The summed E-state index contributed by atoms with van der Waals surface area (Å²) in [5.74, 6) is 0.877. The molecule has 1 N–H and O–H groups in total. The molecule has 0 aliphatic rings. The lowest BCUT2D eigenvalue weighted by atomic mass is 10.2. The Bertz CT molecular complexity index is 481. The van der Waals surface area contributed by atoms with Crippen LogP contribution in [0.1, 0.15) is 18.9 Å². The highest BCUT2D eigenvalue weighted by Gasteiger charge is 2.06. The number of halogens is 1. The van der Waals surface area contributed by atoms with Crippen LogP contribution in [0.5, 0.6) is 0 Å². The minimum absolute atomic E-state index is 0.814. The lowest BCUT2D eigenvalue weighted by Crippen LogP contribution is -2.16. The summed E-state index contributed by atoms with van der Waals surface area (Å²) in [6.07, 6.45) is 6.58. The molecular formula is C12H15BrN4. The van der Waals surface area contributed by atoms with Gasteiger partial charge in [-0.25, -0.2) is 9.67 Å². The first-order valence-electron chi connectivity index (χ1n) is 5.66. The van der Waals surface area contributed by atoms with Crippen LogP contribution in [0.4, 0.5) is 0 Å². The minimum Gasteiger partial charge on any atom is -0.313 e. The van der Waals surface area contributed by atoms with E-state index in [1.807, 2.05) is 12.3 Å². The van der Waals surface area contributed by atoms with Crippen LogP contribution in [0.15, 0.2) is 35.2 Å². The van der Waals surface area contributed by atoms with Crippen LogP contribution in [0.25, 0.3) is 5.82 Å². The molecule has 0 unspecified atom stereocenters. The standard InChI is InChI=1S/C12H15BrN4/c1-2-5-14-7-10-4-3-6-15-12(10)17-9-11(13)8-16-17/h3-4,6,8-9,14H,2,5,7H2,1H3. The van der Waals surface area contributed by atoms with Crippen molar-refractivity contribution in [3.8, 4) is 5.82 Å². The lowest BCUT2D eigenvalue weighted by Gasteiger charge is -2.08. The van der Waals surface area contributed by atoms with E-state index < -0.39 is 0 Å². The van der Waals surface area contributed by atoms with Gasteiger partial charge in [-0.3, -0.25) is 0 Å². The largest absolute Gasteiger partial charge is 0.313 e. The third-order valence-corrected chi connectivity index (χ3v) is 2.79. The van der Waals surface area contributed by atoms with Crippen LogP contribution in [0, 0.1) is 0 Å². The van der Waals surface area contributed by atoms with Gasteiger partial charge < -0.3 is 5.32 Å². The summed E-state index contributed by atoms with van der Waals surface area (Å²) >= 11 is 3.39. The van der Waals surface area contributed by atoms with Gasteiger partial charge in [-0.2, -0.15) is 5.10 Å². The Morgan fingerprint density at radius 1 is 1.47 bits per heavy atom. The van der Waals surface area contributed by atoms with E-state index >= 15 is 0 Å². The van der Waals surface area contributed by atoms with Crippen LogP contribution in [-0.2, 0) is 6.54 Å². The Morgan fingerprint density at radius 2 is 2.35 bits per heavy atom. The first-order valence-corrected chi connectivity index (χ1v) is 6.45. The number of hydrogen-bond donors (Lipinski definition) is 1. The zero-order chi connectivity index (χ0) is 12.1. The normalized spacial score (nSPS) is 10.7. The molecule has 17 heavy (non-hydrogen) atoms.